The number of nitrogens with one attached hydrogen (secondary N) is 1. The number of ether oxygens (including phenoxy) is 2. The minimum atomic E-state index is -0.682. The van der Waals surface area contributed by atoms with E-state index >= 15 is 0 Å². The van der Waals surface area contributed by atoms with Gasteiger partial charge >= 0.3 is 0 Å². The first-order chi connectivity index (χ1) is 16.3. The van der Waals surface area contributed by atoms with Gasteiger partial charge in [0.25, 0.3) is 0 Å². The Hall–Kier alpha value is -2.81. The standard InChI is InChI=1S/C24H26Cl2FN5O2/c1-13-11-29-8-9-32(13)20-7-6-18(33-3)23(31-20)15-10-19(24(28)30-12-15)34-14(2)21-16(25)4-5-17(27)22(21)26/h4-7,10,12-14,29H,8-9,11H2,1-3H3,(H2,28,30)/t13-,14?/m0/s1. The Labute approximate surface area is 208 Å². The Kier molecular flexibility index (Phi) is 7.30. The first-order valence-electron chi connectivity index (χ1n) is 10.9. The molecule has 1 saturated heterocycles. The maximum Gasteiger partial charge on any atom is 0.166 e. The van der Waals surface area contributed by atoms with Crippen molar-refractivity contribution in [2.45, 2.75) is 26.0 Å². The van der Waals surface area contributed by atoms with Gasteiger partial charge in [0.05, 0.1) is 12.1 Å². The second kappa shape index (κ2) is 10.2. The van der Waals surface area contributed by atoms with Crippen molar-refractivity contribution < 1.29 is 13.9 Å². The van der Waals surface area contributed by atoms with Crippen LogP contribution in [0.4, 0.5) is 16.0 Å². The molecular formula is C24H26Cl2FN5O2. The summed E-state index contributed by atoms with van der Waals surface area (Å²) in [6, 6.07) is 8.51. The third-order valence-corrected chi connectivity index (χ3v) is 6.52. The van der Waals surface area contributed by atoms with Crippen LogP contribution in [0, 0.1) is 5.82 Å². The van der Waals surface area contributed by atoms with Gasteiger partial charge in [0, 0.05) is 48.0 Å². The van der Waals surface area contributed by atoms with E-state index in [4.69, 9.17) is 43.4 Å². The zero-order chi connectivity index (χ0) is 24.4. The van der Waals surface area contributed by atoms with Crippen LogP contribution >= 0.6 is 23.2 Å². The number of benzene rings is 1. The van der Waals surface area contributed by atoms with Crippen LogP contribution in [0.25, 0.3) is 11.3 Å². The molecule has 1 aliphatic rings. The van der Waals surface area contributed by atoms with Crippen molar-refractivity contribution in [1.82, 2.24) is 15.3 Å². The molecule has 0 aliphatic carbocycles. The number of methoxy groups -OCH3 is 1. The van der Waals surface area contributed by atoms with E-state index in [0.29, 0.717) is 39.4 Å². The molecule has 1 fully saturated rings. The molecule has 2 aromatic heterocycles. The Morgan fingerprint density at radius 3 is 2.76 bits per heavy atom. The quantitative estimate of drug-likeness (QED) is 0.449. The summed E-state index contributed by atoms with van der Waals surface area (Å²) in [5, 5.41) is 3.58. The number of nitrogens with two attached hydrogens (primary N) is 1. The van der Waals surface area contributed by atoms with Gasteiger partial charge in [0.1, 0.15) is 29.2 Å². The molecule has 3 N–H and O–H groups in total. The molecule has 0 bridgehead atoms. The van der Waals surface area contributed by atoms with E-state index in [9.17, 15) is 4.39 Å². The van der Waals surface area contributed by atoms with Gasteiger partial charge < -0.3 is 25.4 Å². The highest BCUT2D eigenvalue weighted by Gasteiger charge is 2.23. The van der Waals surface area contributed by atoms with Crippen LogP contribution in [0.3, 0.4) is 0 Å². The smallest absolute Gasteiger partial charge is 0.166 e. The highest BCUT2D eigenvalue weighted by Crippen LogP contribution is 2.38. The molecule has 1 aliphatic heterocycles. The number of hydrogen-bond acceptors (Lipinski definition) is 7. The summed E-state index contributed by atoms with van der Waals surface area (Å²) in [7, 11) is 1.59. The zero-order valence-electron chi connectivity index (χ0n) is 19.1. The van der Waals surface area contributed by atoms with Gasteiger partial charge in [-0.1, -0.05) is 23.2 Å². The molecule has 180 valence electrons. The number of rotatable bonds is 6. The molecular weight excluding hydrogens is 480 g/mol. The Morgan fingerprint density at radius 2 is 2.03 bits per heavy atom. The molecule has 10 heteroatoms. The van der Waals surface area contributed by atoms with Crippen molar-refractivity contribution in [3.63, 3.8) is 0 Å². The van der Waals surface area contributed by atoms with E-state index < -0.39 is 11.9 Å². The van der Waals surface area contributed by atoms with Gasteiger partial charge in [-0.3, -0.25) is 0 Å². The predicted octanol–water partition coefficient (Wildman–Crippen LogP) is 5.12. The molecule has 0 radical (unpaired) electrons. The fourth-order valence-corrected chi connectivity index (χ4v) is 4.67. The van der Waals surface area contributed by atoms with Crippen molar-refractivity contribution >= 4 is 34.8 Å². The van der Waals surface area contributed by atoms with Crippen molar-refractivity contribution in [3.8, 4) is 22.8 Å². The zero-order valence-corrected chi connectivity index (χ0v) is 20.6. The number of nitrogens with zero attached hydrogens (tertiary/aromatic N) is 3. The number of pyridine rings is 2. The monoisotopic (exact) mass is 505 g/mol. The minimum absolute atomic E-state index is 0.0936. The third-order valence-electron chi connectivity index (χ3n) is 5.80. The first-order valence-corrected chi connectivity index (χ1v) is 11.6. The summed E-state index contributed by atoms with van der Waals surface area (Å²) in [6.07, 6.45) is 0.933. The number of piperazine rings is 1. The third kappa shape index (κ3) is 4.85. The number of hydrogen-bond donors (Lipinski definition) is 2. The van der Waals surface area contributed by atoms with E-state index in [1.807, 2.05) is 12.1 Å². The maximum atomic E-state index is 14.0. The highest BCUT2D eigenvalue weighted by atomic mass is 35.5. The largest absolute Gasteiger partial charge is 0.494 e. The van der Waals surface area contributed by atoms with E-state index in [-0.39, 0.29) is 10.8 Å². The normalized spacial score (nSPS) is 16.9. The van der Waals surface area contributed by atoms with Gasteiger partial charge in [0.15, 0.2) is 11.6 Å². The summed E-state index contributed by atoms with van der Waals surface area (Å²) in [6.45, 7) is 6.48. The Morgan fingerprint density at radius 1 is 1.24 bits per heavy atom. The molecule has 3 heterocycles. The molecule has 3 aromatic rings. The fraction of sp³-hybridized carbons (Fsp3) is 0.333. The number of halogens is 3. The lowest BCUT2D eigenvalue weighted by atomic mass is 10.1. The number of aromatic nitrogens is 2. The van der Waals surface area contributed by atoms with Crippen molar-refractivity contribution in [3.05, 3.63) is 58.0 Å². The van der Waals surface area contributed by atoms with Crippen LogP contribution in [-0.2, 0) is 0 Å². The summed E-state index contributed by atoms with van der Waals surface area (Å²) >= 11 is 12.4. The van der Waals surface area contributed by atoms with Crippen LogP contribution in [0.5, 0.6) is 11.5 Å². The topological polar surface area (TPSA) is 85.5 Å². The van der Waals surface area contributed by atoms with Crippen molar-refractivity contribution in [2.24, 2.45) is 0 Å². The SMILES string of the molecule is COc1ccc(N2CCNC[C@@H]2C)nc1-c1cnc(N)c(OC(C)c2c(Cl)ccc(F)c2Cl)c1. The van der Waals surface area contributed by atoms with Crippen LogP contribution in [0.15, 0.2) is 36.5 Å². The summed E-state index contributed by atoms with van der Waals surface area (Å²) in [5.74, 6) is 1.32. The van der Waals surface area contributed by atoms with Crippen molar-refractivity contribution in [1.29, 1.82) is 0 Å². The van der Waals surface area contributed by atoms with E-state index in [0.717, 1.165) is 25.5 Å². The van der Waals surface area contributed by atoms with E-state index in [1.165, 1.54) is 12.1 Å². The van der Waals surface area contributed by atoms with Crippen LogP contribution in [0.1, 0.15) is 25.5 Å². The molecule has 0 saturated carbocycles. The molecule has 7 nitrogen and oxygen atoms in total. The summed E-state index contributed by atoms with van der Waals surface area (Å²) in [5.41, 5.74) is 7.69. The van der Waals surface area contributed by atoms with Gasteiger partial charge in [-0.05, 0) is 44.2 Å². The van der Waals surface area contributed by atoms with Crippen LogP contribution in [-0.4, -0.2) is 42.8 Å². The lowest BCUT2D eigenvalue weighted by Crippen LogP contribution is -2.50. The molecule has 34 heavy (non-hydrogen) atoms. The van der Waals surface area contributed by atoms with E-state index in [2.05, 4.69) is 22.1 Å². The second-order valence-electron chi connectivity index (χ2n) is 8.09. The molecule has 4 rings (SSSR count). The first kappa shape index (κ1) is 24.3. The molecule has 0 spiro atoms. The van der Waals surface area contributed by atoms with Gasteiger partial charge in [0.2, 0.25) is 0 Å². The summed E-state index contributed by atoms with van der Waals surface area (Å²) in [4.78, 5) is 11.4. The minimum Gasteiger partial charge on any atom is -0.494 e. The Bertz CT molecular complexity index is 1200. The fourth-order valence-electron chi connectivity index (χ4n) is 3.99. The predicted molar refractivity (Wildman–Crippen MR) is 134 cm³/mol. The van der Waals surface area contributed by atoms with E-state index in [1.54, 1.807) is 26.3 Å². The highest BCUT2D eigenvalue weighted by molar-refractivity contribution is 6.36. The van der Waals surface area contributed by atoms with Gasteiger partial charge in [-0.2, -0.15) is 0 Å². The average molecular weight is 506 g/mol. The number of anilines is 2. The summed E-state index contributed by atoms with van der Waals surface area (Å²) < 4.78 is 25.6. The second-order valence-corrected chi connectivity index (χ2v) is 8.88. The number of nitrogen functional groups attached to an aromatic ring is 1. The van der Waals surface area contributed by atoms with Crippen LogP contribution < -0.4 is 25.4 Å². The lowest BCUT2D eigenvalue weighted by Gasteiger charge is -2.35. The maximum absolute atomic E-state index is 14.0. The molecule has 2 atom stereocenters. The average Bonchev–Trinajstić information content (AvgIpc) is 2.83. The van der Waals surface area contributed by atoms with Gasteiger partial charge in [-0.15, -0.1) is 0 Å². The van der Waals surface area contributed by atoms with Gasteiger partial charge in [-0.25, -0.2) is 14.4 Å². The molecule has 1 aromatic carbocycles. The molecule has 0 amide bonds. The van der Waals surface area contributed by atoms with Crippen LogP contribution in [0.2, 0.25) is 10.0 Å². The Balaban J connectivity index is 1.69. The van der Waals surface area contributed by atoms with Crippen molar-refractivity contribution in [2.75, 3.05) is 37.4 Å². The molecule has 1 unspecified atom stereocenters. The lowest BCUT2D eigenvalue weighted by molar-refractivity contribution is 0.227.